The molecule has 3 rings (SSSR count). The van der Waals surface area contributed by atoms with E-state index in [1.54, 1.807) is 19.1 Å². The Bertz CT molecular complexity index is 1260. The largest absolute Gasteiger partial charge is 0.495 e. The number of nitrogens with one attached hydrogen (secondary N) is 2. The SMILES string of the molecule is COc1cc(OC)c(NS(=O)(=O)c2cc(C(=O)NCc3csc(C)n3)ccc2C)cc1Cl. The second-order valence-electron chi connectivity index (χ2n) is 6.81. The predicted molar refractivity (Wildman–Crippen MR) is 125 cm³/mol. The summed E-state index contributed by atoms with van der Waals surface area (Å²) >= 11 is 7.63. The van der Waals surface area contributed by atoms with Crippen molar-refractivity contribution in [3.63, 3.8) is 0 Å². The van der Waals surface area contributed by atoms with E-state index in [0.29, 0.717) is 11.3 Å². The van der Waals surface area contributed by atoms with E-state index in [-0.39, 0.29) is 33.5 Å². The van der Waals surface area contributed by atoms with Gasteiger partial charge in [0, 0.05) is 17.0 Å². The molecule has 0 aliphatic heterocycles. The summed E-state index contributed by atoms with van der Waals surface area (Å²) in [5.74, 6) is 0.175. The lowest BCUT2D eigenvalue weighted by Gasteiger charge is -2.16. The molecular formula is C21H22ClN3O5S2. The molecule has 1 aromatic heterocycles. The number of carbonyl (C=O) groups is 1. The molecule has 2 N–H and O–H groups in total. The molecular weight excluding hydrogens is 474 g/mol. The van der Waals surface area contributed by atoms with Gasteiger partial charge in [0.1, 0.15) is 11.5 Å². The third-order valence-electron chi connectivity index (χ3n) is 4.55. The van der Waals surface area contributed by atoms with Gasteiger partial charge in [0.2, 0.25) is 0 Å². The van der Waals surface area contributed by atoms with Gasteiger partial charge in [-0.3, -0.25) is 9.52 Å². The molecule has 2 aromatic carbocycles. The molecule has 0 radical (unpaired) electrons. The third kappa shape index (κ3) is 5.32. The fraction of sp³-hybridized carbons (Fsp3) is 0.238. The van der Waals surface area contributed by atoms with E-state index in [2.05, 4.69) is 15.0 Å². The Balaban J connectivity index is 1.86. The van der Waals surface area contributed by atoms with Gasteiger partial charge in [0.15, 0.2) is 0 Å². The van der Waals surface area contributed by atoms with Gasteiger partial charge in [-0.2, -0.15) is 0 Å². The summed E-state index contributed by atoms with van der Waals surface area (Å²) < 4.78 is 39.1. The number of amides is 1. The van der Waals surface area contributed by atoms with Crippen LogP contribution in [0.4, 0.5) is 5.69 Å². The van der Waals surface area contributed by atoms with Crippen LogP contribution in [0.25, 0.3) is 0 Å². The van der Waals surface area contributed by atoms with E-state index >= 15 is 0 Å². The molecule has 0 aliphatic carbocycles. The molecule has 1 heterocycles. The van der Waals surface area contributed by atoms with E-state index in [4.69, 9.17) is 21.1 Å². The molecule has 0 fully saturated rings. The number of ether oxygens (including phenoxy) is 2. The number of methoxy groups -OCH3 is 2. The van der Waals surface area contributed by atoms with E-state index in [1.807, 2.05) is 12.3 Å². The number of aromatic nitrogens is 1. The summed E-state index contributed by atoms with van der Waals surface area (Å²) in [5, 5.41) is 5.73. The first-order chi connectivity index (χ1) is 15.1. The third-order valence-corrected chi connectivity index (χ3v) is 7.18. The Labute approximate surface area is 195 Å². The fourth-order valence-electron chi connectivity index (χ4n) is 2.93. The second-order valence-corrected chi connectivity index (χ2v) is 9.93. The van der Waals surface area contributed by atoms with Crippen molar-refractivity contribution in [2.24, 2.45) is 0 Å². The van der Waals surface area contributed by atoms with Crippen LogP contribution in [0.2, 0.25) is 5.02 Å². The van der Waals surface area contributed by atoms with Crippen LogP contribution < -0.4 is 19.5 Å². The van der Waals surface area contributed by atoms with Crippen molar-refractivity contribution < 1.29 is 22.7 Å². The average molecular weight is 496 g/mol. The highest BCUT2D eigenvalue weighted by molar-refractivity contribution is 7.92. The number of nitrogens with zero attached hydrogens (tertiary/aromatic N) is 1. The molecule has 11 heteroatoms. The quantitative estimate of drug-likeness (QED) is 0.486. The minimum Gasteiger partial charge on any atom is -0.495 e. The molecule has 0 unspecified atom stereocenters. The molecule has 32 heavy (non-hydrogen) atoms. The van der Waals surface area contributed by atoms with Crippen molar-refractivity contribution in [1.82, 2.24) is 10.3 Å². The molecule has 170 valence electrons. The molecule has 0 bridgehead atoms. The number of benzene rings is 2. The van der Waals surface area contributed by atoms with Crippen molar-refractivity contribution in [2.75, 3.05) is 18.9 Å². The number of rotatable bonds is 8. The topological polar surface area (TPSA) is 107 Å². The van der Waals surface area contributed by atoms with Crippen molar-refractivity contribution in [1.29, 1.82) is 0 Å². The summed E-state index contributed by atoms with van der Waals surface area (Å²) in [5.41, 5.74) is 1.57. The number of hydrogen-bond acceptors (Lipinski definition) is 7. The molecule has 0 saturated heterocycles. The first-order valence-corrected chi connectivity index (χ1v) is 12.1. The zero-order valence-electron chi connectivity index (χ0n) is 17.9. The van der Waals surface area contributed by atoms with Crippen LogP contribution in [-0.4, -0.2) is 33.5 Å². The van der Waals surface area contributed by atoms with Crippen molar-refractivity contribution in [3.8, 4) is 11.5 Å². The van der Waals surface area contributed by atoms with Crippen molar-refractivity contribution in [3.05, 3.63) is 62.6 Å². The molecule has 0 saturated carbocycles. The highest BCUT2D eigenvalue weighted by Crippen LogP contribution is 2.37. The normalized spacial score (nSPS) is 11.2. The summed E-state index contributed by atoms with van der Waals surface area (Å²) in [7, 11) is -1.21. The number of carbonyl (C=O) groups excluding carboxylic acids is 1. The highest BCUT2D eigenvalue weighted by Gasteiger charge is 2.22. The predicted octanol–water partition coefficient (Wildman–Crippen LogP) is 4.16. The average Bonchev–Trinajstić information content (AvgIpc) is 3.17. The maximum absolute atomic E-state index is 13.1. The Hall–Kier alpha value is -2.82. The molecule has 8 nitrogen and oxygen atoms in total. The van der Waals surface area contributed by atoms with Crippen LogP contribution in [0.15, 0.2) is 40.6 Å². The number of sulfonamides is 1. The summed E-state index contributed by atoms with van der Waals surface area (Å²) in [6.45, 7) is 3.77. The van der Waals surface area contributed by atoms with Gasteiger partial charge < -0.3 is 14.8 Å². The second kappa shape index (κ2) is 9.76. The van der Waals surface area contributed by atoms with Gasteiger partial charge in [-0.05, 0) is 37.6 Å². The molecule has 0 spiro atoms. The smallest absolute Gasteiger partial charge is 0.262 e. The van der Waals surface area contributed by atoms with Gasteiger partial charge in [-0.15, -0.1) is 11.3 Å². The van der Waals surface area contributed by atoms with Crippen LogP contribution in [0.1, 0.15) is 26.6 Å². The Morgan fingerprint density at radius 2 is 1.84 bits per heavy atom. The zero-order valence-corrected chi connectivity index (χ0v) is 20.2. The lowest BCUT2D eigenvalue weighted by Crippen LogP contribution is -2.24. The highest BCUT2D eigenvalue weighted by atomic mass is 35.5. The van der Waals surface area contributed by atoms with Crippen LogP contribution in [-0.2, 0) is 16.6 Å². The minimum absolute atomic E-state index is 0.0383. The van der Waals surface area contributed by atoms with Gasteiger partial charge in [-0.1, -0.05) is 17.7 Å². The number of anilines is 1. The van der Waals surface area contributed by atoms with Gasteiger partial charge in [0.25, 0.3) is 15.9 Å². The van der Waals surface area contributed by atoms with Crippen LogP contribution in [0.3, 0.4) is 0 Å². The van der Waals surface area contributed by atoms with Crippen molar-refractivity contribution in [2.45, 2.75) is 25.3 Å². The van der Waals surface area contributed by atoms with Gasteiger partial charge >= 0.3 is 0 Å². The summed E-state index contributed by atoms with van der Waals surface area (Å²) in [4.78, 5) is 16.8. The van der Waals surface area contributed by atoms with Crippen molar-refractivity contribution >= 4 is 44.6 Å². The van der Waals surface area contributed by atoms with Gasteiger partial charge in [-0.25, -0.2) is 13.4 Å². The standard InChI is InChI=1S/C21H22ClN3O5S2/c1-12-5-6-14(21(26)23-10-15-11-31-13(2)24-15)7-20(12)32(27,28)25-17-8-16(22)18(29-3)9-19(17)30-4/h5-9,11,25H,10H2,1-4H3,(H,23,26). The molecule has 0 atom stereocenters. The summed E-state index contributed by atoms with van der Waals surface area (Å²) in [6, 6.07) is 7.36. The number of aryl methyl sites for hydroxylation is 2. The van der Waals surface area contributed by atoms with E-state index in [9.17, 15) is 13.2 Å². The molecule has 0 aliphatic rings. The van der Waals surface area contributed by atoms with E-state index in [0.717, 1.165) is 10.7 Å². The molecule has 1 amide bonds. The van der Waals surface area contributed by atoms with E-state index < -0.39 is 15.9 Å². The number of thiazole rings is 1. The Kier molecular flexibility index (Phi) is 7.27. The first-order valence-electron chi connectivity index (χ1n) is 9.38. The monoisotopic (exact) mass is 495 g/mol. The Morgan fingerprint density at radius 1 is 1.12 bits per heavy atom. The zero-order chi connectivity index (χ0) is 23.5. The maximum atomic E-state index is 13.1. The Morgan fingerprint density at radius 3 is 2.47 bits per heavy atom. The molecule has 3 aromatic rings. The van der Waals surface area contributed by atoms with Crippen LogP contribution in [0, 0.1) is 13.8 Å². The van der Waals surface area contributed by atoms with Gasteiger partial charge in [0.05, 0.1) is 47.1 Å². The lowest BCUT2D eigenvalue weighted by atomic mass is 10.1. The maximum Gasteiger partial charge on any atom is 0.262 e. The van der Waals surface area contributed by atoms with E-state index in [1.165, 1.54) is 43.8 Å². The minimum atomic E-state index is -4.05. The van der Waals surface area contributed by atoms with Crippen LogP contribution >= 0.6 is 22.9 Å². The fourth-order valence-corrected chi connectivity index (χ4v) is 5.12. The number of halogens is 1. The number of hydrogen-bond donors (Lipinski definition) is 2. The summed E-state index contributed by atoms with van der Waals surface area (Å²) in [6.07, 6.45) is 0. The van der Waals surface area contributed by atoms with Crippen LogP contribution in [0.5, 0.6) is 11.5 Å². The first kappa shape index (κ1) is 23.8. The lowest BCUT2D eigenvalue weighted by molar-refractivity contribution is 0.0950.